The molecule has 102 valence electrons. The Hall–Kier alpha value is -1.84. The number of aliphatic hydroxyl groups excluding tert-OH is 1. The van der Waals surface area contributed by atoms with Gasteiger partial charge >= 0.3 is 0 Å². The van der Waals surface area contributed by atoms with E-state index in [4.69, 9.17) is 11.6 Å². The highest BCUT2D eigenvalue weighted by atomic mass is 35.5. The lowest BCUT2D eigenvalue weighted by molar-refractivity contribution is -0.116. The number of carbonyl (C=O) groups is 1. The van der Waals surface area contributed by atoms with Gasteiger partial charge in [-0.05, 0) is 35.7 Å². The molecule has 0 spiro atoms. The number of aliphatic hydroxyl groups is 1. The number of carbonyl (C=O) groups excluding carboxylic acids is 1. The molecule has 1 aliphatic rings. The predicted molar refractivity (Wildman–Crippen MR) is 79.0 cm³/mol. The Kier molecular flexibility index (Phi) is 3.24. The highest BCUT2D eigenvalue weighted by Gasteiger charge is 2.29. The van der Waals surface area contributed by atoms with Crippen molar-refractivity contribution in [1.82, 2.24) is 0 Å². The van der Waals surface area contributed by atoms with Crippen LogP contribution in [0.3, 0.4) is 0 Å². The Morgan fingerprint density at radius 3 is 2.60 bits per heavy atom. The Morgan fingerprint density at radius 2 is 1.90 bits per heavy atom. The average molecular weight is 288 g/mol. The van der Waals surface area contributed by atoms with Crippen LogP contribution in [0.1, 0.15) is 35.6 Å². The molecular formula is C16H14ClNO2. The van der Waals surface area contributed by atoms with Crippen molar-refractivity contribution in [2.24, 2.45) is 0 Å². The second-order valence-electron chi connectivity index (χ2n) is 4.99. The minimum atomic E-state index is -0.748. The first-order valence-corrected chi connectivity index (χ1v) is 6.83. The van der Waals surface area contributed by atoms with Gasteiger partial charge in [0.25, 0.3) is 0 Å². The molecule has 1 aliphatic heterocycles. The average Bonchev–Trinajstić information content (AvgIpc) is 2.76. The van der Waals surface area contributed by atoms with Gasteiger partial charge in [-0.1, -0.05) is 41.9 Å². The molecule has 1 amide bonds. The highest BCUT2D eigenvalue weighted by Crippen LogP contribution is 2.40. The number of rotatable bonds is 2. The van der Waals surface area contributed by atoms with E-state index in [9.17, 15) is 9.90 Å². The minimum absolute atomic E-state index is 0.0618. The maximum Gasteiger partial charge on any atom is 0.231 e. The third-order valence-electron chi connectivity index (χ3n) is 3.68. The SMILES string of the molecule is CC1C(=O)Nc2c(Cl)cc(C(O)c3ccccc3)cc21. The van der Waals surface area contributed by atoms with Gasteiger partial charge in [0, 0.05) is 0 Å². The number of anilines is 1. The van der Waals surface area contributed by atoms with E-state index in [1.165, 1.54) is 0 Å². The van der Waals surface area contributed by atoms with Gasteiger partial charge in [-0.3, -0.25) is 4.79 Å². The molecule has 0 aliphatic carbocycles. The van der Waals surface area contributed by atoms with Gasteiger partial charge in [0.15, 0.2) is 0 Å². The highest BCUT2D eigenvalue weighted by molar-refractivity contribution is 6.34. The van der Waals surface area contributed by atoms with Gasteiger partial charge in [-0.15, -0.1) is 0 Å². The molecule has 3 nitrogen and oxygen atoms in total. The summed E-state index contributed by atoms with van der Waals surface area (Å²) in [5.74, 6) is -0.307. The first-order chi connectivity index (χ1) is 9.58. The number of hydrogen-bond acceptors (Lipinski definition) is 2. The van der Waals surface area contributed by atoms with Crippen LogP contribution in [0, 0.1) is 0 Å². The van der Waals surface area contributed by atoms with E-state index < -0.39 is 6.10 Å². The molecule has 0 saturated carbocycles. The van der Waals surface area contributed by atoms with Crippen molar-refractivity contribution >= 4 is 23.2 Å². The summed E-state index contributed by atoms with van der Waals surface area (Å²) >= 11 is 6.21. The van der Waals surface area contributed by atoms with Crippen LogP contribution >= 0.6 is 11.6 Å². The third kappa shape index (κ3) is 2.09. The first-order valence-electron chi connectivity index (χ1n) is 6.45. The molecule has 2 aromatic rings. The third-order valence-corrected chi connectivity index (χ3v) is 3.98. The van der Waals surface area contributed by atoms with Crippen molar-refractivity contribution < 1.29 is 9.90 Å². The van der Waals surface area contributed by atoms with Crippen molar-refractivity contribution in [2.45, 2.75) is 18.9 Å². The predicted octanol–water partition coefficient (Wildman–Crippen LogP) is 3.48. The van der Waals surface area contributed by atoms with Crippen molar-refractivity contribution in [3.05, 3.63) is 64.2 Å². The molecule has 0 aromatic heterocycles. The maximum absolute atomic E-state index is 11.7. The zero-order valence-electron chi connectivity index (χ0n) is 10.9. The second kappa shape index (κ2) is 4.93. The summed E-state index contributed by atoms with van der Waals surface area (Å²) in [7, 11) is 0. The van der Waals surface area contributed by atoms with E-state index in [0.717, 1.165) is 11.1 Å². The molecule has 1 heterocycles. The zero-order valence-corrected chi connectivity index (χ0v) is 11.7. The summed E-state index contributed by atoms with van der Waals surface area (Å²) in [6, 6.07) is 12.9. The van der Waals surface area contributed by atoms with Crippen molar-refractivity contribution in [3.8, 4) is 0 Å². The number of nitrogens with one attached hydrogen (secondary N) is 1. The number of benzene rings is 2. The van der Waals surface area contributed by atoms with Gasteiger partial charge in [0.2, 0.25) is 5.91 Å². The molecule has 2 N–H and O–H groups in total. The number of amides is 1. The van der Waals surface area contributed by atoms with Crippen LogP contribution in [-0.2, 0) is 4.79 Å². The first kappa shape index (κ1) is 13.2. The Bertz CT molecular complexity index is 670. The van der Waals surface area contributed by atoms with Crippen molar-refractivity contribution in [2.75, 3.05) is 5.32 Å². The monoisotopic (exact) mass is 287 g/mol. The lowest BCUT2D eigenvalue weighted by Gasteiger charge is -2.14. The van der Waals surface area contributed by atoms with Gasteiger partial charge in [0.1, 0.15) is 6.10 Å². The fraction of sp³-hybridized carbons (Fsp3) is 0.188. The molecule has 4 heteroatoms. The summed E-state index contributed by atoms with van der Waals surface area (Å²) in [5, 5.41) is 13.7. The number of fused-ring (bicyclic) bond motifs is 1. The fourth-order valence-corrected chi connectivity index (χ4v) is 2.76. The molecule has 2 atom stereocenters. The molecule has 0 fully saturated rings. The van der Waals surface area contributed by atoms with Gasteiger partial charge < -0.3 is 10.4 Å². The lowest BCUT2D eigenvalue weighted by Crippen LogP contribution is -2.08. The van der Waals surface area contributed by atoms with E-state index in [0.29, 0.717) is 16.3 Å². The van der Waals surface area contributed by atoms with E-state index in [2.05, 4.69) is 5.32 Å². The van der Waals surface area contributed by atoms with Crippen LogP contribution in [0.25, 0.3) is 0 Å². The summed E-state index contributed by atoms with van der Waals surface area (Å²) in [4.78, 5) is 11.7. The van der Waals surface area contributed by atoms with Crippen molar-refractivity contribution in [1.29, 1.82) is 0 Å². The lowest BCUT2D eigenvalue weighted by atomic mass is 9.95. The van der Waals surface area contributed by atoms with Crippen LogP contribution in [0.5, 0.6) is 0 Å². The van der Waals surface area contributed by atoms with Gasteiger partial charge in [-0.25, -0.2) is 0 Å². The maximum atomic E-state index is 11.7. The molecule has 3 rings (SSSR count). The van der Waals surface area contributed by atoms with Crippen LogP contribution in [0.15, 0.2) is 42.5 Å². The number of halogens is 1. The molecule has 2 unspecified atom stereocenters. The quantitative estimate of drug-likeness (QED) is 0.888. The van der Waals surface area contributed by atoms with Crippen LogP contribution in [-0.4, -0.2) is 11.0 Å². The summed E-state index contributed by atoms with van der Waals surface area (Å²) in [6.07, 6.45) is -0.748. The normalized spacial score (nSPS) is 18.6. The molecular weight excluding hydrogens is 274 g/mol. The molecule has 0 saturated heterocycles. The molecule has 0 bridgehead atoms. The van der Waals surface area contributed by atoms with Crippen molar-refractivity contribution in [3.63, 3.8) is 0 Å². The minimum Gasteiger partial charge on any atom is -0.384 e. The summed E-state index contributed by atoms with van der Waals surface area (Å²) in [5.41, 5.74) is 3.00. The fourth-order valence-electron chi connectivity index (χ4n) is 2.48. The Morgan fingerprint density at radius 1 is 1.20 bits per heavy atom. The van der Waals surface area contributed by atoms with E-state index in [1.807, 2.05) is 43.3 Å². The van der Waals surface area contributed by atoms with E-state index in [-0.39, 0.29) is 11.8 Å². The van der Waals surface area contributed by atoms with Gasteiger partial charge in [0.05, 0.1) is 16.6 Å². The second-order valence-corrected chi connectivity index (χ2v) is 5.40. The zero-order chi connectivity index (χ0) is 14.3. The number of hydrogen-bond donors (Lipinski definition) is 2. The van der Waals surface area contributed by atoms with E-state index in [1.54, 1.807) is 6.07 Å². The molecule has 0 radical (unpaired) electrons. The summed E-state index contributed by atoms with van der Waals surface area (Å²) < 4.78 is 0. The van der Waals surface area contributed by atoms with E-state index >= 15 is 0 Å². The standard InChI is InChI=1S/C16H14ClNO2/c1-9-12-7-11(8-13(17)14(12)18-16(9)20)15(19)10-5-3-2-4-6-10/h2-9,15,19H,1H3,(H,18,20). The summed E-state index contributed by atoms with van der Waals surface area (Å²) in [6.45, 7) is 1.83. The Balaban J connectivity index is 2.05. The van der Waals surface area contributed by atoms with Crippen LogP contribution in [0.4, 0.5) is 5.69 Å². The molecule has 2 aromatic carbocycles. The van der Waals surface area contributed by atoms with Crippen LogP contribution in [0.2, 0.25) is 5.02 Å². The topological polar surface area (TPSA) is 49.3 Å². The Labute approximate surface area is 122 Å². The smallest absolute Gasteiger partial charge is 0.231 e. The van der Waals surface area contributed by atoms with Crippen LogP contribution < -0.4 is 5.32 Å². The van der Waals surface area contributed by atoms with Gasteiger partial charge in [-0.2, -0.15) is 0 Å². The molecule has 20 heavy (non-hydrogen) atoms. The largest absolute Gasteiger partial charge is 0.384 e.